The number of halogens is 1. The van der Waals surface area contributed by atoms with Crippen LogP contribution in [-0.2, 0) is 0 Å². The largest absolute Gasteiger partial charge is 0.356 e. The summed E-state index contributed by atoms with van der Waals surface area (Å²) in [5.41, 5.74) is 0.471. The van der Waals surface area contributed by atoms with Crippen LogP contribution in [0.1, 0.15) is 57.7 Å². The Morgan fingerprint density at radius 2 is 2.00 bits per heavy atom. The molecule has 0 radical (unpaired) electrons. The molecule has 0 unspecified atom stereocenters. The maximum atomic E-state index is 4.79. The summed E-state index contributed by atoms with van der Waals surface area (Å²) in [5.74, 6) is 2.76. The molecule has 0 aromatic carbocycles. The molecule has 0 bridgehead atoms. The molecule has 19 heavy (non-hydrogen) atoms. The molecule has 2 fully saturated rings. The molecule has 1 aliphatic carbocycles. The Kier molecular flexibility index (Phi) is 3.54. The van der Waals surface area contributed by atoms with Gasteiger partial charge in [-0.15, -0.1) is 0 Å². The number of rotatable bonds is 2. The van der Waals surface area contributed by atoms with E-state index in [1.54, 1.807) is 0 Å². The molecule has 0 amide bonds. The van der Waals surface area contributed by atoms with Crippen LogP contribution in [0.25, 0.3) is 0 Å². The Morgan fingerprint density at radius 1 is 1.21 bits per heavy atom. The van der Waals surface area contributed by atoms with Crippen molar-refractivity contribution in [2.75, 3.05) is 18.0 Å². The van der Waals surface area contributed by atoms with Crippen LogP contribution in [0.2, 0.25) is 0 Å². The first-order valence-corrected chi connectivity index (χ1v) is 8.12. The van der Waals surface area contributed by atoms with Crippen molar-refractivity contribution in [2.24, 2.45) is 5.41 Å². The van der Waals surface area contributed by atoms with Crippen LogP contribution in [0.4, 0.5) is 5.82 Å². The van der Waals surface area contributed by atoms with E-state index in [1.807, 2.05) is 0 Å². The highest BCUT2D eigenvalue weighted by molar-refractivity contribution is 9.10. The van der Waals surface area contributed by atoms with Crippen molar-refractivity contribution < 1.29 is 0 Å². The Hall–Kier alpha value is -0.640. The van der Waals surface area contributed by atoms with Crippen molar-refractivity contribution in [1.29, 1.82) is 0 Å². The van der Waals surface area contributed by atoms with Crippen molar-refractivity contribution >= 4 is 21.7 Å². The van der Waals surface area contributed by atoms with E-state index in [4.69, 9.17) is 4.98 Å². The zero-order valence-electron chi connectivity index (χ0n) is 11.8. The first kappa shape index (κ1) is 13.3. The van der Waals surface area contributed by atoms with E-state index >= 15 is 0 Å². The normalized spacial score (nSPS) is 23.2. The lowest BCUT2D eigenvalue weighted by atomic mass is 9.85. The molecule has 3 rings (SSSR count). The molecule has 2 heterocycles. The lowest BCUT2D eigenvalue weighted by Gasteiger charge is -2.24. The van der Waals surface area contributed by atoms with Crippen LogP contribution in [0, 0.1) is 5.41 Å². The minimum atomic E-state index is 0.471. The molecular weight excluding hydrogens is 302 g/mol. The monoisotopic (exact) mass is 323 g/mol. The van der Waals surface area contributed by atoms with E-state index < -0.39 is 0 Å². The molecule has 1 saturated carbocycles. The van der Waals surface area contributed by atoms with Gasteiger partial charge in [0.2, 0.25) is 0 Å². The van der Waals surface area contributed by atoms with Gasteiger partial charge < -0.3 is 4.90 Å². The Labute approximate surface area is 124 Å². The van der Waals surface area contributed by atoms with Crippen molar-refractivity contribution in [3.8, 4) is 0 Å². The predicted molar refractivity (Wildman–Crippen MR) is 81.6 cm³/mol. The van der Waals surface area contributed by atoms with Gasteiger partial charge in [-0.3, -0.25) is 0 Å². The summed E-state index contributed by atoms with van der Waals surface area (Å²) in [6.07, 6.45) is 6.32. The molecule has 2 aliphatic rings. The standard InChI is InChI=1S/C15H22BrN3/c1-15(2)6-3-8-19(9-7-15)13-10-12(16)17-14(18-13)11-4-5-11/h10-11H,3-9H2,1-2H3. The number of hydrogen-bond donors (Lipinski definition) is 0. The fraction of sp³-hybridized carbons (Fsp3) is 0.733. The van der Waals surface area contributed by atoms with Crippen molar-refractivity contribution in [3.63, 3.8) is 0 Å². The summed E-state index contributed by atoms with van der Waals surface area (Å²) in [6, 6.07) is 2.07. The summed E-state index contributed by atoms with van der Waals surface area (Å²) in [5, 5.41) is 0. The molecule has 0 N–H and O–H groups in total. The highest BCUT2D eigenvalue weighted by Gasteiger charge is 2.29. The van der Waals surface area contributed by atoms with Gasteiger partial charge in [0.1, 0.15) is 16.2 Å². The third-order valence-corrected chi connectivity index (χ3v) is 4.71. The molecule has 1 saturated heterocycles. The van der Waals surface area contributed by atoms with E-state index in [2.05, 4.69) is 45.7 Å². The second-order valence-electron chi connectivity index (χ2n) is 6.69. The van der Waals surface area contributed by atoms with Gasteiger partial charge in [-0.2, -0.15) is 0 Å². The SMILES string of the molecule is CC1(C)CCCN(c2cc(Br)nc(C3CC3)n2)CC1. The van der Waals surface area contributed by atoms with Crippen molar-refractivity contribution in [3.05, 3.63) is 16.5 Å². The molecule has 3 nitrogen and oxygen atoms in total. The average Bonchev–Trinajstić information content (AvgIpc) is 3.15. The molecule has 0 atom stereocenters. The minimum absolute atomic E-state index is 0.471. The predicted octanol–water partition coefficient (Wildman–Crippen LogP) is 4.13. The number of hydrogen-bond acceptors (Lipinski definition) is 3. The van der Waals surface area contributed by atoms with Gasteiger partial charge >= 0.3 is 0 Å². The first-order chi connectivity index (χ1) is 9.03. The highest BCUT2D eigenvalue weighted by atomic mass is 79.9. The van der Waals surface area contributed by atoms with E-state index in [0.29, 0.717) is 11.3 Å². The second kappa shape index (κ2) is 5.04. The van der Waals surface area contributed by atoms with Gasteiger partial charge in [0.15, 0.2) is 0 Å². The zero-order chi connectivity index (χ0) is 13.5. The van der Waals surface area contributed by atoms with Crippen molar-refractivity contribution in [2.45, 2.75) is 51.9 Å². The molecule has 0 spiro atoms. The minimum Gasteiger partial charge on any atom is -0.356 e. The van der Waals surface area contributed by atoms with Gasteiger partial charge in [-0.25, -0.2) is 9.97 Å². The third-order valence-electron chi connectivity index (χ3n) is 4.31. The quantitative estimate of drug-likeness (QED) is 0.766. The summed E-state index contributed by atoms with van der Waals surface area (Å²) >= 11 is 3.54. The summed E-state index contributed by atoms with van der Waals surface area (Å²) in [7, 11) is 0. The summed E-state index contributed by atoms with van der Waals surface area (Å²) in [6.45, 7) is 6.99. The Bertz CT molecular complexity index is 468. The molecule has 104 valence electrons. The molecule has 1 aliphatic heterocycles. The number of nitrogens with zero attached hydrogens (tertiary/aromatic N) is 3. The van der Waals surface area contributed by atoms with E-state index in [9.17, 15) is 0 Å². The fourth-order valence-electron chi connectivity index (χ4n) is 2.76. The fourth-order valence-corrected chi connectivity index (χ4v) is 3.15. The third kappa shape index (κ3) is 3.28. The number of anilines is 1. The highest BCUT2D eigenvalue weighted by Crippen LogP contribution is 2.39. The molecule has 1 aromatic heterocycles. The maximum absolute atomic E-state index is 4.79. The van der Waals surface area contributed by atoms with Crippen LogP contribution in [0.5, 0.6) is 0 Å². The van der Waals surface area contributed by atoms with Crippen LogP contribution >= 0.6 is 15.9 Å². The lowest BCUT2D eigenvalue weighted by Crippen LogP contribution is -2.26. The average molecular weight is 324 g/mol. The van der Waals surface area contributed by atoms with Gasteiger partial charge in [0, 0.05) is 25.1 Å². The smallest absolute Gasteiger partial charge is 0.135 e. The maximum Gasteiger partial charge on any atom is 0.135 e. The topological polar surface area (TPSA) is 29.0 Å². The van der Waals surface area contributed by atoms with Crippen LogP contribution in [0.15, 0.2) is 10.7 Å². The molecule has 1 aromatic rings. The zero-order valence-corrected chi connectivity index (χ0v) is 13.4. The Balaban J connectivity index is 1.81. The lowest BCUT2D eigenvalue weighted by molar-refractivity contribution is 0.325. The van der Waals surface area contributed by atoms with Gasteiger partial charge in [0.25, 0.3) is 0 Å². The molecular formula is C15H22BrN3. The van der Waals surface area contributed by atoms with Gasteiger partial charge in [0.05, 0.1) is 0 Å². The van der Waals surface area contributed by atoms with Crippen molar-refractivity contribution in [1.82, 2.24) is 9.97 Å². The summed E-state index contributed by atoms with van der Waals surface area (Å²) in [4.78, 5) is 11.8. The summed E-state index contributed by atoms with van der Waals surface area (Å²) < 4.78 is 0.933. The second-order valence-corrected chi connectivity index (χ2v) is 7.50. The van der Waals surface area contributed by atoms with Gasteiger partial charge in [-0.05, 0) is 53.4 Å². The van der Waals surface area contributed by atoms with E-state index in [0.717, 1.165) is 29.3 Å². The molecule has 4 heteroatoms. The first-order valence-electron chi connectivity index (χ1n) is 7.33. The van der Waals surface area contributed by atoms with E-state index in [-0.39, 0.29) is 0 Å². The van der Waals surface area contributed by atoms with Crippen LogP contribution in [0.3, 0.4) is 0 Å². The number of aromatic nitrogens is 2. The van der Waals surface area contributed by atoms with Crippen LogP contribution < -0.4 is 4.90 Å². The Morgan fingerprint density at radius 3 is 2.74 bits per heavy atom. The van der Waals surface area contributed by atoms with E-state index in [1.165, 1.54) is 32.1 Å². The van der Waals surface area contributed by atoms with Gasteiger partial charge in [-0.1, -0.05) is 13.8 Å². The van der Waals surface area contributed by atoms with Crippen LogP contribution in [-0.4, -0.2) is 23.1 Å².